The van der Waals surface area contributed by atoms with Crippen molar-refractivity contribution < 1.29 is 44.3 Å². The van der Waals surface area contributed by atoms with Crippen LogP contribution in [0.25, 0.3) is 22.8 Å². The van der Waals surface area contributed by atoms with Crippen molar-refractivity contribution in [2.75, 3.05) is 0 Å². The summed E-state index contributed by atoms with van der Waals surface area (Å²) in [5.41, 5.74) is -1.25. The molecule has 0 heterocycles. The van der Waals surface area contributed by atoms with Gasteiger partial charge in [-0.05, 0) is 47.4 Å². The maximum Gasteiger partial charge on any atom is 0.573 e. The molecule has 0 saturated heterocycles. The SMILES string of the molecule is CCCc1ccc(-c2cc(F)c(/C(F)=C(\F)c3cc(F)c(OC(F)(F)F)c(F)c3)c(F)c2)cc1. The van der Waals surface area contributed by atoms with Gasteiger partial charge in [-0.2, -0.15) is 0 Å². The van der Waals surface area contributed by atoms with Crippen molar-refractivity contribution in [3.63, 3.8) is 0 Å². The third-order valence-corrected chi connectivity index (χ3v) is 4.75. The molecule has 1 nitrogen and oxygen atoms in total. The number of hydrogen-bond donors (Lipinski definition) is 0. The lowest BCUT2D eigenvalue weighted by Crippen LogP contribution is -2.19. The first-order chi connectivity index (χ1) is 15.9. The lowest BCUT2D eigenvalue weighted by Gasteiger charge is -2.12. The van der Waals surface area contributed by atoms with Gasteiger partial charge in [-0.15, -0.1) is 13.2 Å². The first-order valence-corrected chi connectivity index (χ1v) is 9.80. The van der Waals surface area contributed by atoms with Gasteiger partial charge in [0.25, 0.3) is 0 Å². The quantitative estimate of drug-likeness (QED) is 0.249. The van der Waals surface area contributed by atoms with Crippen LogP contribution in [-0.2, 0) is 6.42 Å². The molecule has 0 aliphatic carbocycles. The largest absolute Gasteiger partial charge is 0.573 e. The Hall–Kier alpha value is -3.43. The second-order valence-corrected chi connectivity index (χ2v) is 7.21. The van der Waals surface area contributed by atoms with Gasteiger partial charge in [-0.1, -0.05) is 37.6 Å². The van der Waals surface area contributed by atoms with Gasteiger partial charge >= 0.3 is 6.36 Å². The number of alkyl halides is 3. The Morgan fingerprint density at radius 3 is 1.74 bits per heavy atom. The van der Waals surface area contributed by atoms with E-state index in [0.29, 0.717) is 5.56 Å². The van der Waals surface area contributed by atoms with Crippen LogP contribution in [-0.4, -0.2) is 6.36 Å². The van der Waals surface area contributed by atoms with Crippen molar-refractivity contribution >= 4 is 11.7 Å². The Bertz CT molecular complexity index is 1180. The van der Waals surface area contributed by atoms with Crippen molar-refractivity contribution in [3.8, 4) is 16.9 Å². The van der Waals surface area contributed by atoms with E-state index in [1.54, 1.807) is 24.3 Å². The van der Waals surface area contributed by atoms with Gasteiger partial charge in [-0.25, -0.2) is 26.3 Å². The highest BCUT2D eigenvalue weighted by molar-refractivity contribution is 5.84. The minimum Gasteiger partial charge on any atom is -0.399 e. The molecule has 3 rings (SSSR count). The zero-order valence-electron chi connectivity index (χ0n) is 17.3. The van der Waals surface area contributed by atoms with Crippen LogP contribution in [0, 0.1) is 23.3 Å². The van der Waals surface area contributed by atoms with E-state index in [1.807, 2.05) is 6.92 Å². The summed E-state index contributed by atoms with van der Waals surface area (Å²) < 4.78 is 126. The molecule has 0 saturated carbocycles. The zero-order valence-corrected chi connectivity index (χ0v) is 17.3. The van der Waals surface area contributed by atoms with Crippen LogP contribution < -0.4 is 4.74 Å². The predicted molar refractivity (Wildman–Crippen MR) is 108 cm³/mol. The van der Waals surface area contributed by atoms with Crippen LogP contribution in [0.5, 0.6) is 5.75 Å². The fourth-order valence-corrected chi connectivity index (χ4v) is 3.24. The number of benzene rings is 3. The maximum atomic E-state index is 14.6. The molecular formula is C24H15F9O. The molecule has 180 valence electrons. The van der Waals surface area contributed by atoms with Crippen molar-refractivity contribution in [2.24, 2.45) is 0 Å². The van der Waals surface area contributed by atoms with Gasteiger partial charge in [0.15, 0.2) is 23.3 Å². The smallest absolute Gasteiger partial charge is 0.399 e. The van der Waals surface area contributed by atoms with E-state index < -0.39 is 58.2 Å². The van der Waals surface area contributed by atoms with Gasteiger partial charge in [0.2, 0.25) is 5.75 Å². The molecule has 0 atom stereocenters. The summed E-state index contributed by atoms with van der Waals surface area (Å²) in [5.74, 6) is -13.1. The summed E-state index contributed by atoms with van der Waals surface area (Å²) in [5, 5.41) is 0. The minimum absolute atomic E-state index is 0.00109. The van der Waals surface area contributed by atoms with Gasteiger partial charge in [0.05, 0.1) is 5.56 Å². The van der Waals surface area contributed by atoms with Gasteiger partial charge < -0.3 is 4.74 Å². The number of rotatable bonds is 6. The van der Waals surface area contributed by atoms with Crippen LogP contribution in [0.3, 0.4) is 0 Å². The van der Waals surface area contributed by atoms with Crippen LogP contribution in [0.15, 0.2) is 48.5 Å². The van der Waals surface area contributed by atoms with E-state index in [2.05, 4.69) is 4.74 Å². The molecule has 0 bridgehead atoms. The average molecular weight is 490 g/mol. The van der Waals surface area contributed by atoms with E-state index in [-0.39, 0.29) is 17.7 Å². The summed E-state index contributed by atoms with van der Waals surface area (Å²) in [4.78, 5) is 0. The van der Waals surface area contributed by atoms with Crippen molar-refractivity contribution in [1.82, 2.24) is 0 Å². The summed E-state index contributed by atoms with van der Waals surface area (Å²) in [6, 6.07) is 8.20. The molecule has 0 aromatic heterocycles. The Morgan fingerprint density at radius 1 is 0.735 bits per heavy atom. The Labute approximate surface area is 188 Å². The van der Waals surface area contributed by atoms with E-state index in [9.17, 15) is 39.5 Å². The van der Waals surface area contributed by atoms with Gasteiger partial charge in [0, 0.05) is 5.56 Å². The molecule has 0 amide bonds. The van der Waals surface area contributed by atoms with E-state index in [4.69, 9.17) is 0 Å². The molecule has 0 aliphatic heterocycles. The molecule has 0 radical (unpaired) electrons. The first kappa shape index (κ1) is 25.2. The highest BCUT2D eigenvalue weighted by atomic mass is 19.4. The molecule has 0 unspecified atom stereocenters. The Balaban J connectivity index is 2.00. The van der Waals surface area contributed by atoms with Crippen LogP contribution >= 0.6 is 0 Å². The Morgan fingerprint density at radius 2 is 1.26 bits per heavy atom. The van der Waals surface area contributed by atoms with Crippen molar-refractivity contribution in [1.29, 1.82) is 0 Å². The number of ether oxygens (including phenoxy) is 1. The molecule has 34 heavy (non-hydrogen) atoms. The normalized spacial score (nSPS) is 12.5. The molecule has 3 aromatic rings. The summed E-state index contributed by atoms with van der Waals surface area (Å²) in [6.07, 6.45) is -3.77. The van der Waals surface area contributed by atoms with Crippen LogP contribution in [0.1, 0.15) is 30.0 Å². The van der Waals surface area contributed by atoms with Gasteiger partial charge in [-0.3, -0.25) is 0 Å². The minimum atomic E-state index is -5.45. The fraction of sp³-hybridized carbons (Fsp3) is 0.167. The van der Waals surface area contributed by atoms with Crippen molar-refractivity contribution in [2.45, 2.75) is 26.1 Å². The van der Waals surface area contributed by atoms with Crippen LogP contribution in [0.4, 0.5) is 39.5 Å². The number of aryl methyl sites for hydroxylation is 1. The van der Waals surface area contributed by atoms with E-state index in [0.717, 1.165) is 30.5 Å². The third kappa shape index (κ3) is 5.55. The standard InChI is InChI=1S/C24H15F9O/c1-2-3-12-4-6-13(7-5-12)14-8-16(25)20(17(26)9-14)22(30)21(29)15-10-18(27)23(19(28)11-15)34-24(31,32)33/h4-11H,2-3H2,1H3/b22-21+. The maximum absolute atomic E-state index is 14.6. The lowest BCUT2D eigenvalue weighted by molar-refractivity contribution is -0.276. The second kappa shape index (κ2) is 9.82. The number of halogens is 9. The van der Waals surface area contributed by atoms with Crippen molar-refractivity contribution in [3.05, 3.63) is 88.5 Å². The predicted octanol–water partition coefficient (Wildman–Crippen LogP) is 8.53. The molecule has 3 aromatic carbocycles. The van der Waals surface area contributed by atoms with E-state index >= 15 is 0 Å². The van der Waals surface area contributed by atoms with Gasteiger partial charge in [0.1, 0.15) is 11.6 Å². The van der Waals surface area contributed by atoms with E-state index in [1.165, 1.54) is 0 Å². The molecule has 0 aliphatic rings. The number of hydrogen-bond acceptors (Lipinski definition) is 1. The lowest BCUT2D eigenvalue weighted by atomic mass is 9.99. The summed E-state index contributed by atoms with van der Waals surface area (Å²) in [6.45, 7) is 1.98. The first-order valence-electron chi connectivity index (χ1n) is 9.80. The molecule has 0 fully saturated rings. The topological polar surface area (TPSA) is 9.23 Å². The molecule has 10 heteroatoms. The highest BCUT2D eigenvalue weighted by Gasteiger charge is 2.34. The highest BCUT2D eigenvalue weighted by Crippen LogP contribution is 2.37. The average Bonchev–Trinajstić information content (AvgIpc) is 2.75. The Kier molecular flexibility index (Phi) is 7.28. The molecular weight excluding hydrogens is 475 g/mol. The molecule has 0 spiro atoms. The monoisotopic (exact) mass is 490 g/mol. The summed E-state index contributed by atoms with van der Waals surface area (Å²) >= 11 is 0. The fourth-order valence-electron chi connectivity index (χ4n) is 3.24. The second-order valence-electron chi connectivity index (χ2n) is 7.21. The van der Waals surface area contributed by atoms with Crippen LogP contribution in [0.2, 0.25) is 0 Å². The third-order valence-electron chi connectivity index (χ3n) is 4.75. The summed E-state index contributed by atoms with van der Waals surface area (Å²) in [7, 11) is 0. The molecule has 0 N–H and O–H groups in total. The zero-order chi connectivity index (χ0) is 25.2.